The second-order valence-electron chi connectivity index (χ2n) is 3.19. The summed E-state index contributed by atoms with van der Waals surface area (Å²) < 4.78 is 26.7. The van der Waals surface area contributed by atoms with Crippen molar-refractivity contribution in [3.63, 3.8) is 0 Å². The molecule has 0 radical (unpaired) electrons. The van der Waals surface area contributed by atoms with Gasteiger partial charge in [-0.25, -0.2) is 8.42 Å². The van der Waals surface area contributed by atoms with Crippen LogP contribution in [0.25, 0.3) is 0 Å². The Kier molecular flexibility index (Phi) is 5.39. The van der Waals surface area contributed by atoms with E-state index in [0.29, 0.717) is 10.8 Å². The molecule has 7 heteroatoms. The zero-order valence-corrected chi connectivity index (χ0v) is 12.1. The van der Waals surface area contributed by atoms with Crippen molar-refractivity contribution in [2.24, 2.45) is 0 Å². The lowest BCUT2D eigenvalue weighted by atomic mass is 10.5. The summed E-state index contributed by atoms with van der Waals surface area (Å²) in [6.45, 7) is 2.32. The van der Waals surface area contributed by atoms with Crippen LogP contribution in [0.4, 0.5) is 0 Å². The zero-order valence-electron chi connectivity index (χ0n) is 8.89. The number of aliphatic hydroxyl groups excluding tert-OH is 1. The molecule has 4 nitrogen and oxygen atoms in total. The van der Waals surface area contributed by atoms with Crippen LogP contribution < -0.4 is 0 Å². The largest absolute Gasteiger partial charge is 0.395 e. The molecule has 1 aromatic rings. The molecule has 0 fully saturated rings. The molecule has 0 spiro atoms. The van der Waals surface area contributed by atoms with Gasteiger partial charge in [-0.15, -0.1) is 11.3 Å². The van der Waals surface area contributed by atoms with Gasteiger partial charge in [0.15, 0.2) is 0 Å². The third kappa shape index (κ3) is 3.27. The molecular weight excluding hydrogens is 314 g/mol. The fraction of sp³-hybridized carbons (Fsp3) is 0.556. The van der Waals surface area contributed by atoms with E-state index in [2.05, 4.69) is 15.9 Å². The van der Waals surface area contributed by atoms with Crippen LogP contribution in [-0.4, -0.2) is 37.5 Å². The Morgan fingerprint density at radius 3 is 2.56 bits per heavy atom. The number of rotatable bonds is 6. The predicted octanol–water partition coefficient (Wildman–Crippen LogP) is 1.90. The van der Waals surface area contributed by atoms with Gasteiger partial charge in [0.05, 0.1) is 10.4 Å². The van der Waals surface area contributed by atoms with E-state index in [-0.39, 0.29) is 13.2 Å². The van der Waals surface area contributed by atoms with Crippen LogP contribution in [0.1, 0.15) is 13.3 Å². The van der Waals surface area contributed by atoms with Gasteiger partial charge in [-0.2, -0.15) is 4.31 Å². The van der Waals surface area contributed by atoms with Crippen LogP contribution in [0.2, 0.25) is 0 Å². The molecule has 0 aromatic carbocycles. The molecule has 0 unspecified atom stereocenters. The number of hydrogen-bond donors (Lipinski definition) is 1. The van der Waals surface area contributed by atoms with E-state index in [0.717, 1.165) is 10.2 Å². The molecular formula is C9H14BrNO3S2. The fourth-order valence-corrected chi connectivity index (χ4v) is 4.96. The SMILES string of the molecule is CCCN(CCO)S(=O)(=O)c1ccc(Br)s1. The van der Waals surface area contributed by atoms with Crippen molar-refractivity contribution < 1.29 is 13.5 Å². The Morgan fingerprint density at radius 1 is 1.44 bits per heavy atom. The summed E-state index contributed by atoms with van der Waals surface area (Å²) in [4.78, 5) is 0. The van der Waals surface area contributed by atoms with E-state index in [9.17, 15) is 8.42 Å². The summed E-state index contributed by atoms with van der Waals surface area (Å²) in [5.74, 6) is 0. The zero-order chi connectivity index (χ0) is 12.2. The summed E-state index contributed by atoms with van der Waals surface area (Å²) >= 11 is 4.42. The lowest BCUT2D eigenvalue weighted by Crippen LogP contribution is -2.33. The third-order valence-corrected chi connectivity index (χ3v) is 5.95. The number of sulfonamides is 1. The Balaban J connectivity index is 2.97. The summed E-state index contributed by atoms with van der Waals surface area (Å²) in [6.07, 6.45) is 0.728. The second-order valence-corrected chi connectivity index (χ2v) is 7.81. The highest BCUT2D eigenvalue weighted by atomic mass is 79.9. The average Bonchev–Trinajstić information content (AvgIpc) is 2.65. The van der Waals surface area contributed by atoms with Crippen LogP contribution in [0.3, 0.4) is 0 Å². The standard InChI is InChI=1S/C9H14BrNO3S2/c1-2-5-11(6-7-12)16(13,14)9-4-3-8(10)15-9/h3-4,12H,2,5-7H2,1H3. The van der Waals surface area contributed by atoms with Gasteiger partial charge in [0.25, 0.3) is 10.0 Å². The monoisotopic (exact) mass is 327 g/mol. The first kappa shape index (κ1) is 14.1. The summed E-state index contributed by atoms with van der Waals surface area (Å²) in [5.41, 5.74) is 0. The Bertz CT molecular complexity index is 424. The number of nitrogens with zero attached hydrogens (tertiary/aromatic N) is 1. The normalized spacial score (nSPS) is 12.2. The quantitative estimate of drug-likeness (QED) is 0.868. The number of thiophene rings is 1. The molecule has 0 bridgehead atoms. The van der Waals surface area contributed by atoms with Crippen molar-refractivity contribution >= 4 is 37.3 Å². The van der Waals surface area contributed by atoms with Crippen molar-refractivity contribution in [2.75, 3.05) is 19.7 Å². The minimum Gasteiger partial charge on any atom is -0.395 e. The van der Waals surface area contributed by atoms with E-state index >= 15 is 0 Å². The molecule has 1 rings (SSSR count). The molecule has 0 aliphatic rings. The van der Waals surface area contributed by atoms with E-state index < -0.39 is 10.0 Å². The maximum absolute atomic E-state index is 12.1. The summed E-state index contributed by atoms with van der Waals surface area (Å²) in [7, 11) is -3.44. The number of aliphatic hydroxyl groups is 1. The van der Waals surface area contributed by atoms with Crippen molar-refractivity contribution in [1.29, 1.82) is 0 Å². The average molecular weight is 328 g/mol. The van der Waals surface area contributed by atoms with E-state index in [4.69, 9.17) is 5.11 Å². The molecule has 0 saturated carbocycles. The van der Waals surface area contributed by atoms with E-state index in [1.165, 1.54) is 15.6 Å². The lowest BCUT2D eigenvalue weighted by Gasteiger charge is -2.19. The van der Waals surface area contributed by atoms with Crippen molar-refractivity contribution in [2.45, 2.75) is 17.6 Å². The number of halogens is 1. The molecule has 92 valence electrons. The van der Waals surface area contributed by atoms with Gasteiger partial charge in [0.1, 0.15) is 4.21 Å². The molecule has 0 atom stereocenters. The number of hydrogen-bond acceptors (Lipinski definition) is 4. The fourth-order valence-electron chi connectivity index (χ4n) is 1.28. The second kappa shape index (κ2) is 6.11. The molecule has 16 heavy (non-hydrogen) atoms. The molecule has 0 aliphatic heterocycles. The summed E-state index contributed by atoms with van der Waals surface area (Å²) in [5, 5.41) is 8.87. The molecule has 0 saturated heterocycles. The molecule has 0 aliphatic carbocycles. The highest BCUT2D eigenvalue weighted by Crippen LogP contribution is 2.28. The van der Waals surface area contributed by atoms with Crippen LogP contribution in [0.15, 0.2) is 20.1 Å². The Hall–Kier alpha value is 0.0500. The lowest BCUT2D eigenvalue weighted by molar-refractivity contribution is 0.254. The first-order valence-electron chi connectivity index (χ1n) is 4.88. The highest BCUT2D eigenvalue weighted by molar-refractivity contribution is 9.11. The first-order valence-corrected chi connectivity index (χ1v) is 7.93. The molecule has 0 amide bonds. The smallest absolute Gasteiger partial charge is 0.252 e. The Morgan fingerprint density at radius 2 is 2.12 bits per heavy atom. The van der Waals surface area contributed by atoms with Crippen LogP contribution in [-0.2, 0) is 10.0 Å². The van der Waals surface area contributed by atoms with Crippen LogP contribution in [0, 0.1) is 0 Å². The van der Waals surface area contributed by atoms with Crippen LogP contribution >= 0.6 is 27.3 Å². The van der Waals surface area contributed by atoms with Gasteiger partial charge in [0.2, 0.25) is 0 Å². The van der Waals surface area contributed by atoms with E-state index in [1.54, 1.807) is 12.1 Å². The van der Waals surface area contributed by atoms with Crippen molar-refractivity contribution in [3.05, 3.63) is 15.9 Å². The molecule has 1 N–H and O–H groups in total. The molecule has 1 aromatic heterocycles. The molecule has 1 heterocycles. The van der Waals surface area contributed by atoms with Gasteiger partial charge < -0.3 is 5.11 Å². The van der Waals surface area contributed by atoms with Crippen LogP contribution in [0.5, 0.6) is 0 Å². The summed E-state index contributed by atoms with van der Waals surface area (Å²) in [6, 6.07) is 3.28. The van der Waals surface area contributed by atoms with Gasteiger partial charge in [0, 0.05) is 13.1 Å². The van der Waals surface area contributed by atoms with Crippen molar-refractivity contribution in [1.82, 2.24) is 4.31 Å². The van der Waals surface area contributed by atoms with Crippen molar-refractivity contribution in [3.8, 4) is 0 Å². The first-order chi connectivity index (χ1) is 7.52. The third-order valence-electron chi connectivity index (χ3n) is 1.97. The van der Waals surface area contributed by atoms with Gasteiger partial charge in [-0.1, -0.05) is 6.92 Å². The minimum atomic E-state index is -3.44. The van der Waals surface area contributed by atoms with Gasteiger partial charge >= 0.3 is 0 Å². The van der Waals surface area contributed by atoms with Gasteiger partial charge in [-0.3, -0.25) is 0 Å². The van der Waals surface area contributed by atoms with Gasteiger partial charge in [-0.05, 0) is 34.5 Å². The maximum Gasteiger partial charge on any atom is 0.252 e. The maximum atomic E-state index is 12.1. The Labute approximate surface area is 108 Å². The highest BCUT2D eigenvalue weighted by Gasteiger charge is 2.24. The topological polar surface area (TPSA) is 57.6 Å². The predicted molar refractivity (Wildman–Crippen MR) is 68.2 cm³/mol. The van der Waals surface area contributed by atoms with E-state index in [1.807, 2.05) is 6.92 Å². The minimum absolute atomic E-state index is 0.145.